The van der Waals surface area contributed by atoms with Gasteiger partial charge in [0.15, 0.2) is 0 Å². The van der Waals surface area contributed by atoms with E-state index in [0.717, 1.165) is 25.1 Å². The Kier molecular flexibility index (Phi) is 4.90. The third kappa shape index (κ3) is 3.18. The summed E-state index contributed by atoms with van der Waals surface area (Å²) in [6, 6.07) is 8.75. The van der Waals surface area contributed by atoms with Crippen LogP contribution in [0.15, 0.2) is 35.8 Å². The van der Waals surface area contributed by atoms with Crippen LogP contribution in [0.25, 0.3) is 0 Å². The fourth-order valence-corrected chi connectivity index (χ4v) is 3.25. The second-order valence-electron chi connectivity index (χ2n) is 4.30. The van der Waals surface area contributed by atoms with Crippen LogP contribution in [0, 0.1) is 0 Å². The van der Waals surface area contributed by atoms with Crippen molar-refractivity contribution in [2.24, 2.45) is 0 Å². The van der Waals surface area contributed by atoms with E-state index in [2.05, 4.69) is 47.7 Å². The first kappa shape index (κ1) is 13.2. The van der Waals surface area contributed by atoms with Crippen LogP contribution in [0.5, 0.6) is 0 Å². The molecule has 0 aliphatic rings. The Morgan fingerprint density at radius 1 is 1.28 bits per heavy atom. The van der Waals surface area contributed by atoms with Crippen molar-refractivity contribution in [1.29, 1.82) is 0 Å². The summed E-state index contributed by atoms with van der Waals surface area (Å²) in [7, 11) is 0. The molecule has 0 saturated carbocycles. The van der Waals surface area contributed by atoms with Crippen molar-refractivity contribution in [2.75, 3.05) is 6.54 Å². The van der Waals surface area contributed by atoms with Gasteiger partial charge in [0.2, 0.25) is 0 Å². The monoisotopic (exact) mass is 260 g/mol. The molecule has 0 aliphatic heterocycles. The molecule has 18 heavy (non-hydrogen) atoms. The molecule has 0 bridgehead atoms. The lowest BCUT2D eigenvalue weighted by molar-refractivity contribution is 0.549. The Morgan fingerprint density at radius 2 is 2.17 bits per heavy atom. The number of nitrogens with zero attached hydrogens (tertiary/aromatic N) is 1. The average molecular weight is 260 g/mol. The number of hydrogen-bond donors (Lipinski definition) is 1. The van der Waals surface area contributed by atoms with Crippen molar-refractivity contribution in [2.45, 2.75) is 32.7 Å². The van der Waals surface area contributed by atoms with Gasteiger partial charge >= 0.3 is 0 Å². The zero-order valence-electron chi connectivity index (χ0n) is 11.0. The summed E-state index contributed by atoms with van der Waals surface area (Å²) in [6.45, 7) is 5.36. The first-order chi connectivity index (χ1) is 8.85. The minimum Gasteiger partial charge on any atom is -0.309 e. The largest absolute Gasteiger partial charge is 0.309 e. The molecule has 0 fully saturated rings. The van der Waals surface area contributed by atoms with E-state index in [-0.39, 0.29) is 0 Å². The van der Waals surface area contributed by atoms with Crippen LogP contribution >= 0.6 is 11.3 Å². The Bertz CT molecular complexity index is 464. The van der Waals surface area contributed by atoms with Crippen LogP contribution in [0.3, 0.4) is 0 Å². The summed E-state index contributed by atoms with van der Waals surface area (Å²) >= 11 is 1.85. The molecule has 2 aromatic heterocycles. The number of hydrogen-bond acceptors (Lipinski definition) is 3. The predicted octanol–water partition coefficient (Wildman–Crippen LogP) is 3.60. The molecule has 0 aliphatic carbocycles. The topological polar surface area (TPSA) is 24.9 Å². The fraction of sp³-hybridized carbons (Fsp3) is 0.400. The summed E-state index contributed by atoms with van der Waals surface area (Å²) in [5.41, 5.74) is 2.61. The lowest BCUT2D eigenvalue weighted by Gasteiger charge is -2.18. The zero-order valence-corrected chi connectivity index (χ0v) is 11.8. The van der Waals surface area contributed by atoms with Gasteiger partial charge in [-0.2, -0.15) is 0 Å². The number of pyridine rings is 1. The highest BCUT2D eigenvalue weighted by molar-refractivity contribution is 7.10. The molecule has 2 heterocycles. The molecule has 2 rings (SSSR count). The summed E-state index contributed by atoms with van der Waals surface area (Å²) in [4.78, 5) is 5.89. The summed E-state index contributed by atoms with van der Waals surface area (Å²) < 4.78 is 0. The molecular formula is C15H20N2S. The first-order valence-corrected chi connectivity index (χ1v) is 7.42. The van der Waals surface area contributed by atoms with Gasteiger partial charge in [0.05, 0.1) is 0 Å². The minimum atomic E-state index is 0.389. The van der Waals surface area contributed by atoms with Crippen LogP contribution in [-0.4, -0.2) is 11.5 Å². The number of rotatable bonds is 6. The van der Waals surface area contributed by atoms with Crippen LogP contribution in [0.2, 0.25) is 0 Å². The van der Waals surface area contributed by atoms with Gasteiger partial charge in [0.25, 0.3) is 0 Å². The van der Waals surface area contributed by atoms with Crippen molar-refractivity contribution >= 4 is 11.3 Å². The van der Waals surface area contributed by atoms with Crippen molar-refractivity contribution in [3.05, 3.63) is 52.0 Å². The molecule has 0 radical (unpaired) electrons. The van der Waals surface area contributed by atoms with Gasteiger partial charge in [-0.1, -0.05) is 19.9 Å². The lowest BCUT2D eigenvalue weighted by atomic mass is 10.0. The first-order valence-electron chi connectivity index (χ1n) is 6.54. The van der Waals surface area contributed by atoms with Crippen molar-refractivity contribution in [1.82, 2.24) is 10.3 Å². The summed E-state index contributed by atoms with van der Waals surface area (Å²) in [5.74, 6) is 0. The van der Waals surface area contributed by atoms with Gasteiger partial charge in [-0.25, -0.2) is 0 Å². The maximum atomic E-state index is 4.43. The van der Waals surface area contributed by atoms with Crippen molar-refractivity contribution < 1.29 is 0 Å². The Balaban J connectivity index is 2.18. The number of thiophene rings is 1. The highest BCUT2D eigenvalue weighted by atomic mass is 32.1. The number of likely N-dealkylation sites (N-methyl/N-ethyl adjacent to an activating group) is 1. The van der Waals surface area contributed by atoms with E-state index in [9.17, 15) is 0 Å². The number of nitrogens with one attached hydrogen (secondary N) is 1. The molecule has 0 amide bonds. The Labute approximate surface area is 113 Å². The number of aryl methyl sites for hydroxylation is 1. The van der Waals surface area contributed by atoms with E-state index < -0.39 is 0 Å². The van der Waals surface area contributed by atoms with Crippen LogP contribution in [0.1, 0.15) is 36.0 Å². The van der Waals surface area contributed by atoms with E-state index >= 15 is 0 Å². The third-order valence-electron chi connectivity index (χ3n) is 3.07. The highest BCUT2D eigenvalue weighted by Crippen LogP contribution is 2.27. The highest BCUT2D eigenvalue weighted by Gasteiger charge is 2.16. The smallest absolute Gasteiger partial charge is 0.0473 e. The average Bonchev–Trinajstić information content (AvgIpc) is 2.87. The van der Waals surface area contributed by atoms with Crippen molar-refractivity contribution in [3.8, 4) is 0 Å². The van der Waals surface area contributed by atoms with Gasteiger partial charge in [0.1, 0.15) is 0 Å². The minimum absolute atomic E-state index is 0.389. The molecule has 2 aromatic rings. The fourth-order valence-electron chi connectivity index (χ4n) is 2.18. The summed E-state index contributed by atoms with van der Waals surface area (Å²) in [6.07, 6.45) is 3.93. The summed E-state index contributed by atoms with van der Waals surface area (Å²) in [5, 5.41) is 5.77. The molecule has 0 aromatic carbocycles. The predicted molar refractivity (Wildman–Crippen MR) is 78.1 cm³/mol. The normalized spacial score (nSPS) is 12.6. The molecule has 1 atom stereocenters. The van der Waals surface area contributed by atoms with Crippen molar-refractivity contribution in [3.63, 3.8) is 0 Å². The van der Waals surface area contributed by atoms with Gasteiger partial charge in [0, 0.05) is 29.2 Å². The van der Waals surface area contributed by atoms with E-state index in [1.807, 2.05) is 23.6 Å². The second kappa shape index (κ2) is 6.66. The van der Waals surface area contributed by atoms with E-state index in [1.165, 1.54) is 10.4 Å². The molecular weight excluding hydrogens is 240 g/mol. The van der Waals surface area contributed by atoms with Gasteiger partial charge < -0.3 is 5.32 Å². The zero-order chi connectivity index (χ0) is 12.8. The third-order valence-corrected chi connectivity index (χ3v) is 4.14. The molecule has 3 heteroatoms. The standard InChI is InChI=1S/C15H20N2S/c1-3-12-8-10-18-15(12)14(16-4-2)11-13-7-5-6-9-17-13/h5-10,14,16H,3-4,11H2,1-2H3. The van der Waals surface area contributed by atoms with Gasteiger partial charge in [-0.3, -0.25) is 4.98 Å². The second-order valence-corrected chi connectivity index (χ2v) is 5.25. The van der Waals surface area contributed by atoms with E-state index in [4.69, 9.17) is 0 Å². The quantitative estimate of drug-likeness (QED) is 0.858. The van der Waals surface area contributed by atoms with Gasteiger partial charge in [-0.15, -0.1) is 11.3 Å². The van der Waals surface area contributed by atoms with E-state index in [0.29, 0.717) is 6.04 Å². The Morgan fingerprint density at radius 3 is 2.83 bits per heavy atom. The Hall–Kier alpha value is -1.19. The van der Waals surface area contributed by atoms with E-state index in [1.54, 1.807) is 0 Å². The maximum Gasteiger partial charge on any atom is 0.0473 e. The molecule has 2 nitrogen and oxygen atoms in total. The molecule has 0 saturated heterocycles. The van der Waals surface area contributed by atoms with Gasteiger partial charge in [-0.05, 0) is 42.1 Å². The SMILES string of the molecule is CCNC(Cc1ccccn1)c1sccc1CC. The molecule has 1 N–H and O–H groups in total. The van der Waals surface area contributed by atoms with Crippen LogP contribution in [-0.2, 0) is 12.8 Å². The number of aromatic nitrogens is 1. The maximum absolute atomic E-state index is 4.43. The molecule has 96 valence electrons. The molecule has 1 unspecified atom stereocenters. The lowest BCUT2D eigenvalue weighted by Crippen LogP contribution is -2.23. The van der Waals surface area contributed by atoms with Crippen LogP contribution < -0.4 is 5.32 Å². The van der Waals surface area contributed by atoms with Crippen LogP contribution in [0.4, 0.5) is 0 Å². The molecule has 0 spiro atoms.